The molecule has 0 heterocycles. The summed E-state index contributed by atoms with van der Waals surface area (Å²) in [6.45, 7) is 36.9. The van der Waals surface area contributed by atoms with Crippen molar-refractivity contribution in [2.45, 2.75) is 6.92 Å². The van der Waals surface area contributed by atoms with Crippen LogP contribution in [-0.2, 0) is 0 Å². The van der Waals surface area contributed by atoms with Gasteiger partial charge in [0, 0.05) is 0 Å². The Morgan fingerprint density at radius 3 is 0.578 bits per heavy atom. The van der Waals surface area contributed by atoms with Crippen LogP contribution in [0.4, 0.5) is 0 Å². The smallest absolute Gasteiger partial charge is 0.0263 e. The van der Waals surface area contributed by atoms with Crippen LogP contribution in [0.5, 0.6) is 0 Å². The Morgan fingerprint density at radius 2 is 0.511 bits per heavy atom. The average Bonchev–Trinajstić information content (AvgIpc) is 3.14. The van der Waals surface area contributed by atoms with Crippen molar-refractivity contribution in [2.24, 2.45) is 0 Å². The first-order valence-electron chi connectivity index (χ1n) is 14.3. The lowest BCUT2D eigenvalue weighted by Gasteiger charge is -1.85. The molecule has 0 saturated heterocycles. The van der Waals surface area contributed by atoms with Gasteiger partial charge in [-0.15, -0.1) is 0 Å². The number of benzene rings is 4. The molecule has 0 aliphatic rings. The molecule has 0 nitrogen and oxygen atoms in total. The van der Waals surface area contributed by atoms with E-state index in [0.29, 0.717) is 0 Å². The van der Waals surface area contributed by atoms with Crippen molar-refractivity contribution < 1.29 is 0 Å². The zero-order valence-corrected chi connectivity index (χ0v) is 27.3. The van der Waals surface area contributed by atoms with E-state index in [2.05, 4.69) is 65.8 Å². The number of hydrogen-bond acceptors (Lipinski definition) is 0. The molecule has 0 aliphatic carbocycles. The fourth-order valence-corrected chi connectivity index (χ4v) is 2.36. The van der Waals surface area contributed by atoms with Crippen molar-refractivity contribution in [3.8, 4) is 0 Å². The zero-order chi connectivity index (χ0) is 34.4. The number of hydrogen-bond donors (Lipinski definition) is 0. The maximum absolute atomic E-state index is 3.63. The number of allylic oxidation sites excluding steroid dienone is 6. The first kappa shape index (κ1) is 43.7. The van der Waals surface area contributed by atoms with E-state index in [1.807, 2.05) is 153 Å². The van der Waals surface area contributed by atoms with Gasteiger partial charge >= 0.3 is 0 Å². The van der Waals surface area contributed by atoms with E-state index in [4.69, 9.17) is 0 Å². The maximum Gasteiger partial charge on any atom is -0.0263 e. The molecule has 0 N–H and O–H groups in total. The highest BCUT2D eigenvalue weighted by Gasteiger charge is 1.78. The molecular weight excluding hydrogens is 540 g/mol. The van der Waals surface area contributed by atoms with E-state index in [9.17, 15) is 0 Å². The van der Waals surface area contributed by atoms with Gasteiger partial charge in [0.25, 0.3) is 0 Å². The molecule has 0 bridgehead atoms. The van der Waals surface area contributed by atoms with Crippen LogP contribution >= 0.6 is 0 Å². The summed E-state index contributed by atoms with van der Waals surface area (Å²) in [5.41, 5.74) is 5.71. The van der Waals surface area contributed by atoms with Gasteiger partial charge in [0.15, 0.2) is 0 Å². The second kappa shape index (κ2) is 36.3. The Bertz CT molecular complexity index is 1120. The monoisotopic (exact) mass is 592 g/mol. The lowest BCUT2D eigenvalue weighted by Crippen LogP contribution is -1.63. The molecule has 0 radical (unpaired) electrons. The second-order valence-electron chi connectivity index (χ2n) is 8.45. The predicted octanol–water partition coefficient (Wildman–Crippen LogP) is 13.8. The standard InChI is InChI=1S/4C8H8.C5H8.2C4H6/c4*1-2-8-6-4-3-5-7-8;1-4-5(2)3;2*1-3-4-2/h4*2-7H,1H2;4H,1-2H2,3H3;2*3-4H,1-2H2. The third kappa shape index (κ3) is 34.4. The highest BCUT2D eigenvalue weighted by Crippen LogP contribution is 1.99. The Hall–Kier alpha value is -5.72. The molecule has 0 amide bonds. The Morgan fingerprint density at radius 1 is 0.356 bits per heavy atom. The van der Waals surface area contributed by atoms with Gasteiger partial charge in [0.2, 0.25) is 0 Å². The summed E-state index contributed by atoms with van der Waals surface area (Å²) >= 11 is 0. The first-order chi connectivity index (χ1) is 21.8. The molecular formula is C45H52. The first-order valence-corrected chi connectivity index (χ1v) is 14.3. The predicted molar refractivity (Wildman–Crippen MR) is 212 cm³/mol. The summed E-state index contributed by atoms with van der Waals surface area (Å²) in [7, 11) is 0. The third-order valence-corrected chi connectivity index (χ3v) is 4.82. The SMILES string of the molecule is C=CC(=C)C.C=CC=C.C=CC=C.C=Cc1ccccc1.C=Cc1ccccc1.C=Cc1ccccc1.C=Cc1ccccc1. The van der Waals surface area contributed by atoms with Crippen LogP contribution in [-0.4, -0.2) is 0 Å². The minimum absolute atomic E-state index is 1.02. The van der Waals surface area contributed by atoms with Gasteiger partial charge in [0.05, 0.1) is 0 Å². The molecule has 0 aromatic heterocycles. The van der Waals surface area contributed by atoms with Crippen LogP contribution in [0.15, 0.2) is 223 Å². The van der Waals surface area contributed by atoms with Gasteiger partial charge < -0.3 is 0 Å². The van der Waals surface area contributed by atoms with Crippen molar-refractivity contribution in [3.05, 3.63) is 245 Å². The van der Waals surface area contributed by atoms with Crippen LogP contribution in [0, 0.1) is 0 Å². The van der Waals surface area contributed by atoms with E-state index < -0.39 is 0 Å². The van der Waals surface area contributed by atoms with Crippen molar-refractivity contribution in [1.29, 1.82) is 0 Å². The minimum atomic E-state index is 1.02. The molecule has 4 aromatic rings. The van der Waals surface area contributed by atoms with Gasteiger partial charge in [-0.2, -0.15) is 0 Å². The summed E-state index contributed by atoms with van der Waals surface area (Å²) < 4.78 is 0. The summed E-state index contributed by atoms with van der Waals surface area (Å²) in [5, 5.41) is 0. The van der Waals surface area contributed by atoms with E-state index >= 15 is 0 Å². The summed E-state index contributed by atoms with van der Waals surface area (Å²) in [6.07, 6.45) is 15.6. The van der Waals surface area contributed by atoms with Crippen LogP contribution in [0.1, 0.15) is 29.2 Å². The van der Waals surface area contributed by atoms with Crippen LogP contribution < -0.4 is 0 Å². The summed E-state index contributed by atoms with van der Waals surface area (Å²) in [6, 6.07) is 40.1. The van der Waals surface area contributed by atoms with Crippen LogP contribution in [0.2, 0.25) is 0 Å². The fraction of sp³-hybridized carbons (Fsp3) is 0.0222. The lowest BCUT2D eigenvalue weighted by atomic mass is 10.2. The highest BCUT2D eigenvalue weighted by molar-refractivity contribution is 5.47. The average molecular weight is 593 g/mol. The quantitative estimate of drug-likeness (QED) is 0.187. The van der Waals surface area contributed by atoms with Crippen LogP contribution in [0.3, 0.4) is 0 Å². The Balaban J connectivity index is -0.000000467. The van der Waals surface area contributed by atoms with E-state index in [-0.39, 0.29) is 0 Å². The molecule has 0 saturated carbocycles. The van der Waals surface area contributed by atoms with Crippen molar-refractivity contribution >= 4 is 24.3 Å². The van der Waals surface area contributed by atoms with Crippen molar-refractivity contribution in [2.75, 3.05) is 0 Å². The highest BCUT2D eigenvalue weighted by atomic mass is 13.8. The van der Waals surface area contributed by atoms with E-state index in [0.717, 1.165) is 5.57 Å². The lowest BCUT2D eigenvalue weighted by molar-refractivity contribution is 1.58. The molecule has 45 heavy (non-hydrogen) atoms. The summed E-state index contributed by atoms with van der Waals surface area (Å²) in [5.74, 6) is 0. The molecule has 0 heteroatoms. The Kier molecular flexibility index (Phi) is 35.3. The fourth-order valence-electron chi connectivity index (χ4n) is 2.36. The molecule has 4 aromatic carbocycles. The molecule has 4 rings (SSSR count). The molecule has 0 fully saturated rings. The molecule has 232 valence electrons. The zero-order valence-electron chi connectivity index (χ0n) is 27.3. The normalized spacial score (nSPS) is 7.67. The third-order valence-electron chi connectivity index (χ3n) is 4.82. The molecule has 0 unspecified atom stereocenters. The van der Waals surface area contributed by atoms with Gasteiger partial charge in [0.1, 0.15) is 0 Å². The minimum Gasteiger partial charge on any atom is -0.0991 e. The number of rotatable bonds is 7. The molecule has 0 atom stereocenters. The van der Waals surface area contributed by atoms with Crippen LogP contribution in [0.25, 0.3) is 24.3 Å². The Labute approximate surface area is 275 Å². The van der Waals surface area contributed by atoms with Crippen molar-refractivity contribution in [1.82, 2.24) is 0 Å². The topological polar surface area (TPSA) is 0 Å². The van der Waals surface area contributed by atoms with Gasteiger partial charge in [-0.05, 0) is 29.2 Å². The van der Waals surface area contributed by atoms with E-state index in [1.54, 1.807) is 30.4 Å². The van der Waals surface area contributed by atoms with Gasteiger partial charge in [-0.1, -0.05) is 247 Å². The van der Waals surface area contributed by atoms with E-state index in [1.165, 1.54) is 22.3 Å². The van der Waals surface area contributed by atoms with Crippen molar-refractivity contribution in [3.63, 3.8) is 0 Å². The largest absolute Gasteiger partial charge is 0.0991 e. The molecule has 0 spiro atoms. The second-order valence-corrected chi connectivity index (χ2v) is 8.45. The molecule has 0 aliphatic heterocycles. The van der Waals surface area contributed by atoms with Gasteiger partial charge in [-0.25, -0.2) is 0 Å². The summed E-state index contributed by atoms with van der Waals surface area (Å²) in [4.78, 5) is 0. The van der Waals surface area contributed by atoms with Gasteiger partial charge in [-0.3, -0.25) is 0 Å². The maximum atomic E-state index is 3.63.